The van der Waals surface area contributed by atoms with Crippen molar-refractivity contribution in [2.45, 2.75) is 471 Å². The zero-order valence-electron chi connectivity index (χ0n) is 68.3. The van der Waals surface area contributed by atoms with Gasteiger partial charge in [-0.1, -0.05) is 401 Å². The maximum absolute atomic E-state index is 13.1. The molecular formula is C85H166O17P2. The highest BCUT2D eigenvalue weighted by molar-refractivity contribution is 7.47. The van der Waals surface area contributed by atoms with Crippen LogP contribution in [-0.4, -0.2) is 96.7 Å². The van der Waals surface area contributed by atoms with Gasteiger partial charge in [-0.05, 0) is 37.5 Å². The predicted octanol–water partition coefficient (Wildman–Crippen LogP) is 25.8. The van der Waals surface area contributed by atoms with E-state index in [1.807, 2.05) is 0 Å². The third-order valence-electron chi connectivity index (χ3n) is 20.0. The number of esters is 4. The van der Waals surface area contributed by atoms with Crippen molar-refractivity contribution in [2.24, 2.45) is 11.8 Å². The second-order valence-electron chi connectivity index (χ2n) is 31.5. The lowest BCUT2D eigenvalue weighted by Crippen LogP contribution is -2.30. The Morgan fingerprint density at radius 2 is 0.442 bits per heavy atom. The maximum Gasteiger partial charge on any atom is 0.472 e. The van der Waals surface area contributed by atoms with Crippen LogP contribution in [-0.2, 0) is 65.4 Å². The van der Waals surface area contributed by atoms with E-state index in [2.05, 4.69) is 41.5 Å². The monoisotopic (exact) mass is 1520 g/mol. The third kappa shape index (κ3) is 78.2. The van der Waals surface area contributed by atoms with Crippen LogP contribution in [0, 0.1) is 11.8 Å². The zero-order valence-corrected chi connectivity index (χ0v) is 70.1. The van der Waals surface area contributed by atoms with E-state index < -0.39 is 97.5 Å². The molecule has 0 aliphatic rings. The fourth-order valence-electron chi connectivity index (χ4n) is 13.2. The summed E-state index contributed by atoms with van der Waals surface area (Å²) < 4.78 is 68.8. The molecule has 0 heterocycles. The van der Waals surface area contributed by atoms with Gasteiger partial charge in [-0.2, -0.15) is 0 Å². The van der Waals surface area contributed by atoms with Crippen LogP contribution in [0.5, 0.6) is 0 Å². The number of rotatable bonds is 84. The largest absolute Gasteiger partial charge is 0.472 e. The molecule has 0 amide bonds. The van der Waals surface area contributed by atoms with Crippen molar-refractivity contribution >= 4 is 39.5 Å². The van der Waals surface area contributed by atoms with Gasteiger partial charge in [-0.15, -0.1) is 0 Å². The van der Waals surface area contributed by atoms with E-state index in [-0.39, 0.29) is 25.7 Å². The molecule has 0 fully saturated rings. The number of hydrogen-bond donors (Lipinski definition) is 3. The Morgan fingerprint density at radius 3 is 0.654 bits per heavy atom. The summed E-state index contributed by atoms with van der Waals surface area (Å²) in [7, 11) is -9.92. The summed E-state index contributed by atoms with van der Waals surface area (Å²) in [4.78, 5) is 73.1. The normalized spacial score (nSPS) is 13.8. The van der Waals surface area contributed by atoms with Crippen molar-refractivity contribution in [3.63, 3.8) is 0 Å². The molecule has 0 saturated carbocycles. The van der Waals surface area contributed by atoms with Crippen molar-refractivity contribution in [1.82, 2.24) is 0 Å². The van der Waals surface area contributed by atoms with Gasteiger partial charge < -0.3 is 33.8 Å². The molecule has 0 rings (SSSR count). The Morgan fingerprint density at radius 1 is 0.260 bits per heavy atom. The Balaban J connectivity index is 5.21. The van der Waals surface area contributed by atoms with Gasteiger partial charge in [0.1, 0.15) is 19.3 Å². The molecule has 19 heteroatoms. The summed E-state index contributed by atoms with van der Waals surface area (Å²) in [6.45, 7) is 9.61. The molecule has 618 valence electrons. The summed E-state index contributed by atoms with van der Waals surface area (Å²) in [5, 5.41) is 10.7. The number of aliphatic hydroxyl groups excluding tert-OH is 1. The van der Waals surface area contributed by atoms with E-state index in [4.69, 9.17) is 37.0 Å². The highest BCUT2D eigenvalue weighted by Crippen LogP contribution is 2.45. The molecule has 0 bridgehead atoms. The van der Waals surface area contributed by atoms with Crippen LogP contribution in [0.15, 0.2) is 0 Å². The quantitative estimate of drug-likeness (QED) is 0.0222. The number of unbranched alkanes of at least 4 members (excludes halogenated alkanes) is 54. The Bertz CT molecular complexity index is 1990. The summed E-state index contributed by atoms with van der Waals surface area (Å²) >= 11 is 0. The summed E-state index contributed by atoms with van der Waals surface area (Å²) in [6.07, 6.45) is 68.3. The fourth-order valence-corrected chi connectivity index (χ4v) is 14.8. The molecule has 0 radical (unpaired) electrons. The van der Waals surface area contributed by atoms with Crippen LogP contribution < -0.4 is 0 Å². The number of hydrogen-bond acceptors (Lipinski definition) is 15. The second kappa shape index (κ2) is 76.4. The molecule has 3 N–H and O–H groups in total. The van der Waals surface area contributed by atoms with Gasteiger partial charge in [0.25, 0.3) is 0 Å². The van der Waals surface area contributed by atoms with Crippen LogP contribution in [0.25, 0.3) is 0 Å². The topological polar surface area (TPSA) is 237 Å². The van der Waals surface area contributed by atoms with Gasteiger partial charge in [0.05, 0.1) is 26.4 Å². The molecule has 5 atom stereocenters. The zero-order chi connectivity index (χ0) is 76.4. The van der Waals surface area contributed by atoms with Gasteiger partial charge in [0, 0.05) is 25.7 Å². The van der Waals surface area contributed by atoms with Crippen molar-refractivity contribution in [3.05, 3.63) is 0 Å². The molecule has 0 spiro atoms. The minimum absolute atomic E-state index is 0.108. The van der Waals surface area contributed by atoms with E-state index in [0.717, 1.165) is 102 Å². The van der Waals surface area contributed by atoms with Gasteiger partial charge in [0.2, 0.25) is 0 Å². The van der Waals surface area contributed by atoms with E-state index >= 15 is 0 Å². The molecule has 0 saturated heterocycles. The summed E-state index contributed by atoms with van der Waals surface area (Å²) in [5.74, 6) is -0.627. The Labute approximate surface area is 638 Å². The van der Waals surface area contributed by atoms with E-state index in [1.165, 1.54) is 263 Å². The number of aliphatic hydroxyl groups is 1. The minimum atomic E-state index is -4.96. The van der Waals surface area contributed by atoms with Crippen LogP contribution in [0.1, 0.15) is 452 Å². The van der Waals surface area contributed by atoms with E-state index in [1.54, 1.807) is 0 Å². The highest BCUT2D eigenvalue weighted by atomic mass is 31.2. The standard InChI is InChI=1S/C85H166O17P2/c1-7-9-11-13-15-17-19-21-23-25-26-27-28-30-32-38-42-46-50-58-63-69-84(89)101-80(73-95-82(87)67-61-55-48-44-40-36-34-33-35-39-43-47-53-59-65-77(3)4)75-99-103(91,92)97-71-79(86)72-98-104(93,94)100-76-81(74-96-83(88)68-62-56-52-51-54-60-66-78(5)6)102-85(90)70-64-57-49-45-41-37-31-29-24-22-20-18-16-14-12-10-8-2/h77-81,86H,7-76H2,1-6H3,(H,91,92)(H,93,94)/t79-,80-,81-/m1/s1. The summed E-state index contributed by atoms with van der Waals surface area (Å²) in [6, 6.07) is 0. The molecular weight excluding hydrogens is 1350 g/mol. The van der Waals surface area contributed by atoms with Crippen LogP contribution >= 0.6 is 15.6 Å². The molecule has 0 aliphatic heterocycles. The molecule has 0 aromatic rings. The van der Waals surface area contributed by atoms with Gasteiger partial charge in [-0.25, -0.2) is 9.13 Å². The lowest BCUT2D eigenvalue weighted by Gasteiger charge is -2.21. The van der Waals surface area contributed by atoms with Crippen LogP contribution in [0.3, 0.4) is 0 Å². The highest BCUT2D eigenvalue weighted by Gasteiger charge is 2.30. The Kier molecular flexibility index (Phi) is 75.0. The van der Waals surface area contributed by atoms with Crippen LogP contribution in [0.2, 0.25) is 0 Å². The molecule has 0 aromatic heterocycles. The number of carbonyl (C=O) groups excluding carboxylic acids is 4. The third-order valence-corrected chi connectivity index (χ3v) is 21.9. The first-order chi connectivity index (χ1) is 50.4. The lowest BCUT2D eigenvalue weighted by atomic mass is 10.0. The Hall–Kier alpha value is -1.94. The van der Waals surface area contributed by atoms with Crippen molar-refractivity contribution in [3.8, 4) is 0 Å². The average Bonchev–Trinajstić information content (AvgIpc) is 0.920. The van der Waals surface area contributed by atoms with E-state index in [0.29, 0.717) is 31.6 Å². The first kappa shape index (κ1) is 102. The lowest BCUT2D eigenvalue weighted by molar-refractivity contribution is -0.161. The van der Waals surface area contributed by atoms with Gasteiger partial charge >= 0.3 is 39.5 Å². The van der Waals surface area contributed by atoms with Gasteiger partial charge in [0.15, 0.2) is 12.2 Å². The summed E-state index contributed by atoms with van der Waals surface area (Å²) in [5.41, 5.74) is 0. The van der Waals surface area contributed by atoms with Gasteiger partial charge in [-0.3, -0.25) is 37.3 Å². The number of carbonyl (C=O) groups is 4. The molecule has 2 unspecified atom stereocenters. The second-order valence-corrected chi connectivity index (χ2v) is 34.4. The maximum atomic E-state index is 13.1. The van der Waals surface area contributed by atoms with E-state index in [9.17, 15) is 43.2 Å². The fraction of sp³-hybridized carbons (Fsp3) is 0.953. The minimum Gasteiger partial charge on any atom is -0.462 e. The van der Waals surface area contributed by atoms with Crippen LogP contribution in [0.4, 0.5) is 0 Å². The first-order valence-electron chi connectivity index (χ1n) is 44.0. The molecule has 104 heavy (non-hydrogen) atoms. The number of ether oxygens (including phenoxy) is 4. The number of phosphoric acid groups is 2. The molecule has 0 aliphatic carbocycles. The predicted molar refractivity (Wildman–Crippen MR) is 428 cm³/mol. The van der Waals surface area contributed by atoms with Crippen molar-refractivity contribution < 1.29 is 80.2 Å². The van der Waals surface area contributed by atoms with Crippen molar-refractivity contribution in [1.29, 1.82) is 0 Å². The smallest absolute Gasteiger partial charge is 0.462 e. The first-order valence-corrected chi connectivity index (χ1v) is 47.0. The SMILES string of the molecule is CCCCCCCCCCCCCCCCCCCCCCCC(=O)O[C@H](COC(=O)CCCCCCCCCCCCCCCCC(C)C)COP(=O)(O)OC[C@@H](O)COP(=O)(O)OC[C@@H](COC(=O)CCCCCCCCC(C)C)OC(=O)CCCCCCCCCCCCCCCCCCC. The number of phosphoric ester groups is 2. The molecule has 0 aromatic carbocycles. The van der Waals surface area contributed by atoms with Crippen molar-refractivity contribution in [2.75, 3.05) is 39.6 Å². The molecule has 17 nitrogen and oxygen atoms in total. The average molecular weight is 1520 g/mol.